The van der Waals surface area contributed by atoms with Crippen LogP contribution in [0.2, 0.25) is 0 Å². The highest BCUT2D eigenvalue weighted by atomic mass is 16.5. The zero-order chi connectivity index (χ0) is 9.80. The molecule has 14 heavy (non-hydrogen) atoms. The summed E-state index contributed by atoms with van der Waals surface area (Å²) in [5.74, 6) is 1.01. The summed E-state index contributed by atoms with van der Waals surface area (Å²) >= 11 is 0. The maximum Gasteiger partial charge on any atom is 0.257 e. The quantitative estimate of drug-likeness (QED) is 0.667. The number of hydrogen-bond acceptors (Lipinski definition) is 6. The van der Waals surface area contributed by atoms with Crippen molar-refractivity contribution >= 4 is 0 Å². The van der Waals surface area contributed by atoms with Gasteiger partial charge in [-0.1, -0.05) is 5.16 Å². The maximum absolute atomic E-state index is 8.67. The summed E-state index contributed by atoms with van der Waals surface area (Å²) in [5, 5.41) is 15.6. The number of hydrogen-bond donors (Lipinski definition) is 2. The van der Waals surface area contributed by atoms with Gasteiger partial charge < -0.3 is 19.7 Å². The summed E-state index contributed by atoms with van der Waals surface area (Å²) in [6.07, 6.45) is 0.271. The van der Waals surface area contributed by atoms with Crippen molar-refractivity contribution in [1.82, 2.24) is 15.5 Å². The molecule has 1 aliphatic rings. The van der Waals surface area contributed by atoms with Crippen molar-refractivity contribution in [1.29, 1.82) is 0 Å². The molecule has 0 spiro atoms. The van der Waals surface area contributed by atoms with Gasteiger partial charge in [0.1, 0.15) is 6.10 Å². The van der Waals surface area contributed by atoms with Crippen LogP contribution in [0.1, 0.15) is 17.8 Å². The van der Waals surface area contributed by atoms with Crippen molar-refractivity contribution in [3.05, 3.63) is 11.7 Å². The van der Waals surface area contributed by atoms with Crippen molar-refractivity contribution in [2.45, 2.75) is 12.5 Å². The van der Waals surface area contributed by atoms with Gasteiger partial charge in [-0.25, -0.2) is 0 Å². The Balaban J connectivity index is 2.00. The van der Waals surface area contributed by atoms with E-state index in [1.807, 2.05) is 0 Å². The molecule has 6 nitrogen and oxygen atoms in total. The van der Waals surface area contributed by atoms with Crippen LogP contribution in [0.5, 0.6) is 0 Å². The zero-order valence-corrected chi connectivity index (χ0v) is 7.77. The van der Waals surface area contributed by atoms with Crippen molar-refractivity contribution in [2.75, 3.05) is 26.3 Å². The average molecular weight is 199 g/mol. The van der Waals surface area contributed by atoms with E-state index in [0.717, 1.165) is 6.54 Å². The van der Waals surface area contributed by atoms with Gasteiger partial charge in [0.05, 0.1) is 13.2 Å². The number of rotatable bonds is 3. The Kier molecular flexibility index (Phi) is 3.07. The molecule has 2 heterocycles. The molecule has 0 aromatic carbocycles. The van der Waals surface area contributed by atoms with E-state index >= 15 is 0 Å². The van der Waals surface area contributed by atoms with E-state index in [0.29, 0.717) is 31.3 Å². The Bertz CT molecular complexity index is 283. The molecule has 0 saturated carbocycles. The molecule has 1 aromatic heterocycles. The number of aromatic nitrogens is 2. The second-order valence-corrected chi connectivity index (χ2v) is 3.09. The summed E-state index contributed by atoms with van der Waals surface area (Å²) in [7, 11) is 0. The summed E-state index contributed by atoms with van der Waals surface area (Å²) in [5.41, 5.74) is 0. The fourth-order valence-corrected chi connectivity index (χ4v) is 1.32. The van der Waals surface area contributed by atoms with Gasteiger partial charge in [-0.15, -0.1) is 0 Å². The lowest BCUT2D eigenvalue weighted by atomic mass is 10.3. The zero-order valence-electron chi connectivity index (χ0n) is 7.77. The average Bonchev–Trinajstić information content (AvgIpc) is 2.68. The minimum atomic E-state index is -0.149. The highest BCUT2D eigenvalue weighted by Gasteiger charge is 2.21. The van der Waals surface area contributed by atoms with Gasteiger partial charge in [0.25, 0.3) is 5.89 Å². The van der Waals surface area contributed by atoms with Crippen LogP contribution in [0.25, 0.3) is 0 Å². The highest BCUT2D eigenvalue weighted by Crippen LogP contribution is 2.16. The fraction of sp³-hybridized carbons (Fsp3) is 0.750. The molecule has 0 amide bonds. The number of aliphatic hydroxyl groups excluding tert-OH is 1. The third-order valence-electron chi connectivity index (χ3n) is 2.02. The Morgan fingerprint density at radius 2 is 2.50 bits per heavy atom. The van der Waals surface area contributed by atoms with E-state index < -0.39 is 0 Å². The summed E-state index contributed by atoms with van der Waals surface area (Å²) in [6, 6.07) is 0. The fourth-order valence-electron chi connectivity index (χ4n) is 1.32. The molecule has 2 rings (SSSR count). The number of nitrogens with zero attached hydrogens (tertiary/aromatic N) is 2. The molecule has 1 unspecified atom stereocenters. The first-order valence-corrected chi connectivity index (χ1v) is 4.66. The highest BCUT2D eigenvalue weighted by molar-refractivity contribution is 4.92. The van der Waals surface area contributed by atoms with E-state index in [9.17, 15) is 0 Å². The molecule has 1 fully saturated rings. The summed E-state index contributed by atoms with van der Waals surface area (Å²) in [6.45, 7) is 2.24. The molecule has 78 valence electrons. The van der Waals surface area contributed by atoms with Gasteiger partial charge in [-0.05, 0) is 0 Å². The van der Waals surface area contributed by atoms with Crippen molar-refractivity contribution in [2.24, 2.45) is 0 Å². The normalized spacial score (nSPS) is 22.5. The molecule has 0 radical (unpaired) electrons. The van der Waals surface area contributed by atoms with Gasteiger partial charge in [-0.2, -0.15) is 4.98 Å². The predicted molar refractivity (Wildman–Crippen MR) is 46.7 cm³/mol. The van der Waals surface area contributed by atoms with Crippen LogP contribution in [0.3, 0.4) is 0 Å². The summed E-state index contributed by atoms with van der Waals surface area (Å²) in [4.78, 5) is 4.12. The number of nitrogens with one attached hydrogen (secondary N) is 1. The van der Waals surface area contributed by atoms with Gasteiger partial charge in [-0.3, -0.25) is 0 Å². The summed E-state index contributed by atoms with van der Waals surface area (Å²) < 4.78 is 10.5. The van der Waals surface area contributed by atoms with E-state index in [1.54, 1.807) is 0 Å². The van der Waals surface area contributed by atoms with Crippen LogP contribution in [0, 0.1) is 0 Å². The number of ether oxygens (including phenoxy) is 1. The van der Waals surface area contributed by atoms with E-state index in [4.69, 9.17) is 14.4 Å². The van der Waals surface area contributed by atoms with Crippen LogP contribution in [0.15, 0.2) is 4.52 Å². The van der Waals surface area contributed by atoms with E-state index in [2.05, 4.69) is 15.5 Å². The third kappa shape index (κ3) is 2.09. The van der Waals surface area contributed by atoms with Crippen molar-refractivity contribution in [3.8, 4) is 0 Å². The molecule has 2 N–H and O–H groups in total. The second kappa shape index (κ2) is 4.50. The Morgan fingerprint density at radius 1 is 1.57 bits per heavy atom. The molecule has 6 heteroatoms. The van der Waals surface area contributed by atoms with Gasteiger partial charge in [0.15, 0.2) is 5.82 Å². The SMILES string of the molecule is OCCc1noc(C2CNCCO2)n1. The van der Waals surface area contributed by atoms with Crippen LogP contribution in [-0.4, -0.2) is 41.6 Å². The molecule has 0 bridgehead atoms. The molecular formula is C8H13N3O3. The van der Waals surface area contributed by atoms with Crippen molar-refractivity contribution in [3.63, 3.8) is 0 Å². The van der Waals surface area contributed by atoms with Crippen LogP contribution in [-0.2, 0) is 11.2 Å². The van der Waals surface area contributed by atoms with E-state index in [1.165, 1.54) is 0 Å². The van der Waals surface area contributed by atoms with Crippen LogP contribution >= 0.6 is 0 Å². The minimum absolute atomic E-state index is 0.0305. The molecule has 1 saturated heterocycles. The third-order valence-corrected chi connectivity index (χ3v) is 2.02. The topological polar surface area (TPSA) is 80.4 Å². The van der Waals surface area contributed by atoms with E-state index in [-0.39, 0.29) is 12.7 Å². The second-order valence-electron chi connectivity index (χ2n) is 3.09. The standard InChI is InChI=1S/C8H13N3O3/c12-3-1-7-10-8(14-11-7)6-5-9-2-4-13-6/h6,9,12H,1-5H2. The molecule has 1 atom stereocenters. The Hall–Kier alpha value is -0.980. The van der Waals surface area contributed by atoms with Gasteiger partial charge in [0.2, 0.25) is 0 Å². The lowest BCUT2D eigenvalue weighted by Crippen LogP contribution is -2.33. The smallest absolute Gasteiger partial charge is 0.257 e. The lowest BCUT2D eigenvalue weighted by molar-refractivity contribution is 0.00755. The first-order valence-electron chi connectivity index (χ1n) is 4.66. The van der Waals surface area contributed by atoms with Crippen LogP contribution < -0.4 is 5.32 Å². The Morgan fingerprint density at radius 3 is 3.21 bits per heavy atom. The minimum Gasteiger partial charge on any atom is -0.396 e. The predicted octanol–water partition coefficient (Wildman–Crippen LogP) is -0.735. The lowest BCUT2D eigenvalue weighted by Gasteiger charge is -2.19. The first kappa shape index (κ1) is 9.57. The number of aliphatic hydroxyl groups is 1. The largest absolute Gasteiger partial charge is 0.396 e. The first-order chi connectivity index (χ1) is 6.90. The molecule has 0 aliphatic carbocycles. The van der Waals surface area contributed by atoms with Crippen molar-refractivity contribution < 1.29 is 14.4 Å². The number of morpholine rings is 1. The Labute approximate surface area is 81.3 Å². The monoisotopic (exact) mass is 199 g/mol. The van der Waals surface area contributed by atoms with Crippen LogP contribution in [0.4, 0.5) is 0 Å². The van der Waals surface area contributed by atoms with Gasteiger partial charge >= 0.3 is 0 Å². The molecule has 1 aliphatic heterocycles. The molecular weight excluding hydrogens is 186 g/mol. The maximum atomic E-state index is 8.67. The van der Waals surface area contributed by atoms with Gasteiger partial charge in [0, 0.05) is 19.5 Å². The molecule has 1 aromatic rings.